The smallest absolute Gasteiger partial charge is 0.261 e. The lowest BCUT2D eigenvalue weighted by Crippen LogP contribution is -2.69. The molecule has 0 amide bonds. The molecule has 0 bridgehead atoms. The van der Waals surface area contributed by atoms with Gasteiger partial charge < -0.3 is 13.6 Å². The molecule has 220 valence electrons. The second-order valence-corrected chi connectivity index (χ2v) is 22.6. The summed E-state index contributed by atoms with van der Waals surface area (Å²) in [5.74, 6) is -0.221. The van der Waals surface area contributed by atoms with E-state index in [1.54, 1.807) is 0 Å². The minimum atomic E-state index is -2.81. The Morgan fingerprint density at radius 1 is 0.950 bits per heavy atom. The van der Waals surface area contributed by atoms with Crippen LogP contribution in [0.25, 0.3) is 0 Å². The maximum Gasteiger partial charge on any atom is 0.261 e. The third-order valence-electron chi connectivity index (χ3n) is 10.1. The standard InChI is InChI=1S/C35H54O3Si2/c1-11-39(12-2,13-3)38-35(25-24-28(4)5)29(27-36)26-32(34(35,9)10)37-40(33(6,7)8,30-20-16-14-17-21-30)31-22-18-15-19-23-31/h14-23,27,29,32H,4,11-13,24-26H2,1-3,5-10H3/t29-,32-,35+/m1/s1. The van der Waals surface area contributed by atoms with Crippen molar-refractivity contribution in [3.8, 4) is 0 Å². The van der Waals surface area contributed by atoms with E-state index in [-0.39, 0.29) is 22.5 Å². The van der Waals surface area contributed by atoms with E-state index in [0.717, 1.165) is 36.5 Å². The summed E-state index contributed by atoms with van der Waals surface area (Å²) in [5.41, 5.74) is 0.174. The van der Waals surface area contributed by atoms with Crippen molar-refractivity contribution in [3.05, 3.63) is 72.8 Å². The van der Waals surface area contributed by atoms with Crippen LogP contribution in [-0.2, 0) is 13.6 Å². The Kier molecular flexibility index (Phi) is 10.3. The molecule has 0 aromatic heterocycles. The lowest BCUT2D eigenvalue weighted by molar-refractivity contribution is -0.126. The van der Waals surface area contributed by atoms with Crippen molar-refractivity contribution in [1.82, 2.24) is 0 Å². The van der Waals surface area contributed by atoms with Crippen molar-refractivity contribution < 1.29 is 13.6 Å². The highest BCUT2D eigenvalue weighted by Crippen LogP contribution is 2.58. The molecule has 0 spiro atoms. The topological polar surface area (TPSA) is 35.5 Å². The van der Waals surface area contributed by atoms with E-state index in [0.29, 0.717) is 6.42 Å². The lowest BCUT2D eigenvalue weighted by Gasteiger charge is -2.53. The minimum Gasteiger partial charge on any atom is -0.410 e. The number of rotatable bonds is 13. The van der Waals surface area contributed by atoms with Crippen LogP contribution in [0.4, 0.5) is 0 Å². The number of aldehydes is 1. The minimum absolute atomic E-state index is 0.128. The van der Waals surface area contributed by atoms with E-state index in [1.165, 1.54) is 16.7 Å². The molecule has 5 heteroatoms. The van der Waals surface area contributed by atoms with Crippen LogP contribution in [0, 0.1) is 11.3 Å². The van der Waals surface area contributed by atoms with E-state index >= 15 is 0 Å². The van der Waals surface area contributed by atoms with Gasteiger partial charge in [-0.25, -0.2) is 0 Å². The third-order valence-corrected chi connectivity index (χ3v) is 19.8. The second kappa shape index (κ2) is 12.6. The van der Waals surface area contributed by atoms with Crippen LogP contribution in [0.1, 0.15) is 81.6 Å². The van der Waals surface area contributed by atoms with Crippen molar-refractivity contribution in [2.75, 3.05) is 0 Å². The Bertz CT molecular complexity index is 1070. The SMILES string of the molecule is C=C(C)CC[C@]1(O[Si](CC)(CC)CC)[C@@H](C=O)C[C@@H](O[Si](c2ccccc2)(c2ccccc2)C(C)(C)C)C1(C)C. The molecule has 3 atom stereocenters. The monoisotopic (exact) mass is 578 g/mol. The summed E-state index contributed by atoms with van der Waals surface area (Å²) in [6, 6.07) is 24.8. The summed E-state index contributed by atoms with van der Waals surface area (Å²) < 4.78 is 15.3. The van der Waals surface area contributed by atoms with Gasteiger partial charge in [-0.1, -0.05) is 122 Å². The third kappa shape index (κ3) is 5.77. The van der Waals surface area contributed by atoms with Crippen molar-refractivity contribution in [3.63, 3.8) is 0 Å². The number of hydrogen-bond donors (Lipinski definition) is 0. The number of allylic oxidation sites excluding steroid dienone is 1. The van der Waals surface area contributed by atoms with Gasteiger partial charge in [0.2, 0.25) is 0 Å². The molecule has 2 aromatic carbocycles. The number of hydrogen-bond acceptors (Lipinski definition) is 3. The average Bonchev–Trinajstić information content (AvgIpc) is 3.14. The second-order valence-electron chi connectivity index (χ2n) is 13.7. The Labute approximate surface area is 247 Å². The highest BCUT2D eigenvalue weighted by atomic mass is 28.4. The largest absolute Gasteiger partial charge is 0.410 e. The van der Waals surface area contributed by atoms with Gasteiger partial charge in [0, 0.05) is 11.3 Å². The van der Waals surface area contributed by atoms with Gasteiger partial charge in [-0.05, 0) is 59.7 Å². The van der Waals surface area contributed by atoms with Crippen molar-refractivity contribution in [1.29, 1.82) is 0 Å². The Morgan fingerprint density at radius 2 is 1.43 bits per heavy atom. The fourth-order valence-electron chi connectivity index (χ4n) is 7.25. The lowest BCUT2D eigenvalue weighted by atomic mass is 9.70. The van der Waals surface area contributed by atoms with Gasteiger partial charge in [0.15, 0.2) is 8.32 Å². The van der Waals surface area contributed by atoms with Crippen LogP contribution < -0.4 is 10.4 Å². The molecule has 0 saturated heterocycles. The molecule has 0 radical (unpaired) electrons. The molecule has 2 aromatic rings. The number of benzene rings is 2. The molecule has 3 nitrogen and oxygen atoms in total. The Balaban J connectivity index is 2.25. The first-order valence-corrected chi connectivity index (χ1v) is 19.8. The van der Waals surface area contributed by atoms with Crippen LogP contribution in [-0.4, -0.2) is 34.6 Å². The van der Waals surface area contributed by atoms with Crippen LogP contribution >= 0.6 is 0 Å². The van der Waals surface area contributed by atoms with Crippen LogP contribution in [0.2, 0.25) is 23.2 Å². The van der Waals surface area contributed by atoms with Crippen LogP contribution in [0.3, 0.4) is 0 Å². The van der Waals surface area contributed by atoms with E-state index in [2.05, 4.69) is 130 Å². The summed E-state index contributed by atoms with van der Waals surface area (Å²) >= 11 is 0. The van der Waals surface area contributed by atoms with Gasteiger partial charge in [0.05, 0.1) is 11.7 Å². The van der Waals surface area contributed by atoms with E-state index in [4.69, 9.17) is 8.85 Å². The first-order chi connectivity index (χ1) is 18.8. The van der Waals surface area contributed by atoms with Crippen LogP contribution in [0.15, 0.2) is 72.8 Å². The maximum atomic E-state index is 13.0. The molecule has 1 aliphatic rings. The quantitative estimate of drug-likeness (QED) is 0.136. The molecular weight excluding hydrogens is 525 g/mol. The fourth-order valence-corrected chi connectivity index (χ4v) is 15.3. The first-order valence-electron chi connectivity index (χ1n) is 15.4. The van der Waals surface area contributed by atoms with E-state index < -0.39 is 22.2 Å². The molecule has 0 aliphatic heterocycles. The molecule has 1 fully saturated rings. The fraction of sp³-hybridized carbons (Fsp3) is 0.571. The number of carbonyl (C=O) groups is 1. The molecule has 40 heavy (non-hydrogen) atoms. The molecule has 0 N–H and O–H groups in total. The average molecular weight is 579 g/mol. The predicted molar refractivity (Wildman–Crippen MR) is 176 cm³/mol. The zero-order valence-corrected chi connectivity index (χ0v) is 28.7. The van der Waals surface area contributed by atoms with Gasteiger partial charge in [-0.3, -0.25) is 0 Å². The van der Waals surface area contributed by atoms with Gasteiger partial charge in [-0.2, -0.15) is 0 Å². The first kappa shape index (κ1) is 32.7. The zero-order chi connectivity index (χ0) is 29.8. The maximum absolute atomic E-state index is 13.0. The van der Waals surface area contributed by atoms with Gasteiger partial charge >= 0.3 is 0 Å². The summed E-state index contributed by atoms with van der Waals surface area (Å²) in [6.45, 7) is 24.8. The molecule has 0 heterocycles. The summed E-state index contributed by atoms with van der Waals surface area (Å²) in [5, 5.41) is 2.40. The van der Waals surface area contributed by atoms with Gasteiger partial charge in [0.25, 0.3) is 8.32 Å². The summed E-state index contributed by atoms with van der Waals surface area (Å²) in [6.07, 6.45) is 3.39. The predicted octanol–water partition coefficient (Wildman–Crippen LogP) is 8.29. The molecule has 1 aliphatic carbocycles. The molecule has 3 rings (SSSR count). The highest BCUT2D eigenvalue weighted by Gasteiger charge is 2.65. The van der Waals surface area contributed by atoms with Crippen molar-refractivity contribution in [2.24, 2.45) is 11.3 Å². The molecule has 1 saturated carbocycles. The van der Waals surface area contributed by atoms with Crippen molar-refractivity contribution in [2.45, 2.75) is 116 Å². The zero-order valence-electron chi connectivity index (χ0n) is 26.7. The van der Waals surface area contributed by atoms with Gasteiger partial charge in [0.1, 0.15) is 6.29 Å². The van der Waals surface area contributed by atoms with E-state index in [1.807, 2.05) is 0 Å². The van der Waals surface area contributed by atoms with E-state index in [9.17, 15) is 4.79 Å². The molecular formula is C35H54O3Si2. The normalized spacial score (nSPS) is 23.2. The Morgan fingerprint density at radius 3 is 1.80 bits per heavy atom. The summed E-state index contributed by atoms with van der Waals surface area (Å²) in [7, 11) is -4.87. The van der Waals surface area contributed by atoms with Crippen LogP contribution in [0.5, 0.6) is 0 Å². The van der Waals surface area contributed by atoms with Gasteiger partial charge in [-0.15, -0.1) is 6.58 Å². The number of carbonyl (C=O) groups excluding carboxylic acids is 1. The van der Waals surface area contributed by atoms with Crippen molar-refractivity contribution >= 4 is 33.3 Å². The highest BCUT2D eigenvalue weighted by molar-refractivity contribution is 6.99. The molecule has 0 unspecified atom stereocenters. The Hall–Kier alpha value is -1.80. The summed E-state index contributed by atoms with van der Waals surface area (Å²) in [4.78, 5) is 13.0.